The van der Waals surface area contributed by atoms with Crippen LogP contribution in [0.4, 0.5) is 5.69 Å². The van der Waals surface area contributed by atoms with E-state index in [0.29, 0.717) is 5.56 Å². The van der Waals surface area contributed by atoms with Crippen LogP contribution in [0.2, 0.25) is 0 Å². The molecule has 0 spiro atoms. The Morgan fingerprint density at radius 2 is 1.88 bits per heavy atom. The van der Waals surface area contributed by atoms with Crippen LogP contribution in [-0.2, 0) is 11.2 Å². The predicted octanol–water partition coefficient (Wildman–Crippen LogP) is 3.49. The molecule has 1 fully saturated rings. The normalized spacial score (nSPS) is 13.8. The predicted molar refractivity (Wildman–Crippen MR) is 93.2 cm³/mol. The number of aromatic nitrogens is 2. The lowest BCUT2D eigenvalue weighted by Gasteiger charge is -2.07. The van der Waals surface area contributed by atoms with E-state index in [1.54, 1.807) is 24.3 Å². The van der Waals surface area contributed by atoms with Gasteiger partial charge in [0.05, 0.1) is 5.69 Å². The van der Waals surface area contributed by atoms with Crippen molar-refractivity contribution in [2.24, 2.45) is 5.92 Å². The van der Waals surface area contributed by atoms with Crippen LogP contribution in [0, 0.1) is 19.8 Å². The van der Waals surface area contributed by atoms with Crippen molar-refractivity contribution >= 4 is 17.5 Å². The van der Waals surface area contributed by atoms with Gasteiger partial charge in [0.1, 0.15) is 0 Å². The Morgan fingerprint density at radius 3 is 2.46 bits per heavy atom. The average Bonchev–Trinajstić information content (AvgIpc) is 3.38. The smallest absolute Gasteiger partial charge is 0.278 e. The van der Waals surface area contributed by atoms with Crippen molar-refractivity contribution in [1.29, 1.82) is 0 Å². The molecule has 1 aliphatic rings. The number of nitrogens with zero attached hydrogens (tertiary/aromatic N) is 2. The van der Waals surface area contributed by atoms with Crippen molar-refractivity contribution in [3.8, 4) is 0 Å². The second-order valence-corrected chi connectivity index (χ2v) is 6.46. The third-order valence-corrected chi connectivity index (χ3v) is 4.48. The van der Waals surface area contributed by atoms with Crippen LogP contribution in [0.15, 0.2) is 24.3 Å². The summed E-state index contributed by atoms with van der Waals surface area (Å²) in [6.07, 6.45) is 3.90. The highest BCUT2D eigenvalue weighted by Gasteiger charge is 2.29. The molecule has 0 saturated heterocycles. The van der Waals surface area contributed by atoms with Crippen molar-refractivity contribution in [1.82, 2.24) is 9.78 Å². The lowest BCUT2D eigenvalue weighted by molar-refractivity contribution is -0.117. The highest BCUT2D eigenvalue weighted by atomic mass is 16.2. The number of nitrogens with one attached hydrogen (secondary N) is 1. The van der Waals surface area contributed by atoms with E-state index in [9.17, 15) is 9.59 Å². The second kappa shape index (κ2) is 6.59. The molecule has 0 atom stereocenters. The Balaban J connectivity index is 1.77. The van der Waals surface area contributed by atoms with Crippen molar-refractivity contribution in [3.05, 3.63) is 46.8 Å². The maximum Gasteiger partial charge on any atom is 0.278 e. The molecule has 1 aromatic carbocycles. The van der Waals surface area contributed by atoms with Gasteiger partial charge >= 0.3 is 0 Å². The quantitative estimate of drug-likeness (QED) is 0.915. The number of amides is 1. The van der Waals surface area contributed by atoms with Crippen LogP contribution in [0.1, 0.15) is 53.5 Å². The summed E-state index contributed by atoms with van der Waals surface area (Å²) < 4.78 is 1.48. The molecule has 1 aromatic heterocycles. The zero-order valence-corrected chi connectivity index (χ0v) is 14.4. The first kappa shape index (κ1) is 16.4. The average molecular weight is 325 g/mol. The van der Waals surface area contributed by atoms with Crippen molar-refractivity contribution < 1.29 is 9.59 Å². The fourth-order valence-corrected chi connectivity index (χ4v) is 2.89. The Bertz CT molecular complexity index is 771. The number of anilines is 1. The summed E-state index contributed by atoms with van der Waals surface area (Å²) in [5.74, 6) is 0.0906. The van der Waals surface area contributed by atoms with Gasteiger partial charge in [-0.05, 0) is 62.9 Å². The Labute approximate surface area is 142 Å². The third-order valence-electron chi connectivity index (χ3n) is 4.48. The molecule has 5 nitrogen and oxygen atoms in total. The number of hydrogen-bond acceptors (Lipinski definition) is 3. The van der Waals surface area contributed by atoms with Gasteiger partial charge in [-0.1, -0.05) is 13.3 Å². The van der Waals surface area contributed by atoms with Crippen LogP contribution < -0.4 is 5.32 Å². The zero-order valence-electron chi connectivity index (χ0n) is 14.4. The minimum Gasteiger partial charge on any atom is -0.326 e. The molecule has 2 aromatic rings. The maximum absolute atomic E-state index is 12.7. The highest BCUT2D eigenvalue weighted by Crippen LogP contribution is 2.30. The van der Waals surface area contributed by atoms with Gasteiger partial charge in [0.2, 0.25) is 5.91 Å². The summed E-state index contributed by atoms with van der Waals surface area (Å²) in [6.45, 7) is 6.00. The van der Waals surface area contributed by atoms with E-state index in [4.69, 9.17) is 0 Å². The fraction of sp³-hybridized carbons (Fsp3) is 0.421. The van der Waals surface area contributed by atoms with Gasteiger partial charge in [-0.3, -0.25) is 9.59 Å². The third kappa shape index (κ3) is 3.25. The molecule has 0 aliphatic heterocycles. The van der Waals surface area contributed by atoms with Crippen molar-refractivity contribution in [3.63, 3.8) is 0 Å². The first-order chi connectivity index (χ1) is 11.5. The molecule has 1 N–H and O–H groups in total. The summed E-state index contributed by atoms with van der Waals surface area (Å²) in [4.78, 5) is 24.5. The lowest BCUT2D eigenvalue weighted by Crippen LogP contribution is -2.16. The summed E-state index contributed by atoms with van der Waals surface area (Å²) in [7, 11) is 0. The van der Waals surface area contributed by atoms with Gasteiger partial charge in [0, 0.05) is 22.9 Å². The SMILES string of the molecule is CCCc1c(C)nn(C(=O)c2ccc(NC(=O)C3CC3)cc2)c1C. The molecule has 0 radical (unpaired) electrons. The number of rotatable bonds is 5. The molecule has 5 heteroatoms. The number of aryl methyl sites for hydroxylation is 1. The first-order valence-electron chi connectivity index (χ1n) is 8.52. The molecule has 24 heavy (non-hydrogen) atoms. The fourth-order valence-electron chi connectivity index (χ4n) is 2.89. The molecule has 126 valence electrons. The molecule has 1 amide bonds. The summed E-state index contributed by atoms with van der Waals surface area (Å²) in [5, 5.41) is 7.28. The van der Waals surface area contributed by atoms with Crippen LogP contribution in [0.3, 0.4) is 0 Å². The van der Waals surface area contributed by atoms with Gasteiger partial charge in [0.15, 0.2) is 0 Å². The van der Waals surface area contributed by atoms with Crippen LogP contribution in [-0.4, -0.2) is 21.6 Å². The molecule has 1 saturated carbocycles. The molecular formula is C19H23N3O2. The minimum atomic E-state index is -0.141. The van der Waals surface area contributed by atoms with E-state index in [2.05, 4.69) is 17.3 Å². The summed E-state index contributed by atoms with van der Waals surface area (Å²) in [6, 6.07) is 7.01. The molecule has 1 aliphatic carbocycles. The standard InChI is InChI=1S/C19H23N3O2/c1-4-5-17-12(2)21-22(13(17)3)19(24)15-8-10-16(11-9-15)20-18(23)14-6-7-14/h8-11,14H,4-7H2,1-3H3,(H,20,23). The molecule has 1 heterocycles. The zero-order chi connectivity index (χ0) is 17.3. The van der Waals surface area contributed by atoms with Gasteiger partial charge in [-0.2, -0.15) is 5.10 Å². The monoisotopic (exact) mass is 325 g/mol. The molecule has 3 rings (SSSR count). The summed E-state index contributed by atoms with van der Waals surface area (Å²) in [5.41, 5.74) is 4.26. The van der Waals surface area contributed by atoms with Gasteiger partial charge < -0.3 is 5.32 Å². The van der Waals surface area contributed by atoms with E-state index in [1.165, 1.54) is 4.68 Å². The Hall–Kier alpha value is -2.43. The largest absolute Gasteiger partial charge is 0.326 e. The molecular weight excluding hydrogens is 302 g/mol. The molecule has 0 unspecified atom stereocenters. The maximum atomic E-state index is 12.7. The van der Waals surface area contributed by atoms with Crippen LogP contribution in [0.5, 0.6) is 0 Å². The van der Waals surface area contributed by atoms with Crippen molar-refractivity contribution in [2.75, 3.05) is 5.32 Å². The Kier molecular flexibility index (Phi) is 4.51. The van der Waals surface area contributed by atoms with E-state index in [-0.39, 0.29) is 17.7 Å². The van der Waals surface area contributed by atoms with E-state index >= 15 is 0 Å². The Morgan fingerprint density at radius 1 is 1.21 bits per heavy atom. The topological polar surface area (TPSA) is 64.0 Å². The second-order valence-electron chi connectivity index (χ2n) is 6.46. The number of hydrogen-bond donors (Lipinski definition) is 1. The van der Waals surface area contributed by atoms with Gasteiger partial charge in [-0.25, -0.2) is 4.68 Å². The van der Waals surface area contributed by atoms with E-state index in [1.807, 2.05) is 13.8 Å². The van der Waals surface area contributed by atoms with Crippen LogP contribution in [0.25, 0.3) is 0 Å². The first-order valence-corrected chi connectivity index (χ1v) is 8.52. The minimum absolute atomic E-state index is 0.0665. The highest BCUT2D eigenvalue weighted by molar-refractivity contribution is 5.97. The number of benzene rings is 1. The lowest BCUT2D eigenvalue weighted by atomic mass is 10.1. The number of carbonyl (C=O) groups is 2. The number of carbonyl (C=O) groups excluding carboxylic acids is 2. The summed E-state index contributed by atoms with van der Waals surface area (Å²) >= 11 is 0. The van der Waals surface area contributed by atoms with Crippen LogP contribution >= 0.6 is 0 Å². The van der Waals surface area contributed by atoms with Gasteiger partial charge in [-0.15, -0.1) is 0 Å². The van der Waals surface area contributed by atoms with Crippen molar-refractivity contribution in [2.45, 2.75) is 46.5 Å². The van der Waals surface area contributed by atoms with E-state index < -0.39 is 0 Å². The van der Waals surface area contributed by atoms with Gasteiger partial charge in [0.25, 0.3) is 5.91 Å². The molecule has 0 bridgehead atoms. The van der Waals surface area contributed by atoms with E-state index in [0.717, 1.165) is 48.3 Å².